The minimum absolute atomic E-state index is 0.0140. The van der Waals surface area contributed by atoms with Crippen LogP contribution < -0.4 is 5.32 Å². The third-order valence-electron chi connectivity index (χ3n) is 4.19. The molecular formula is C21H22N2O3S. The van der Waals surface area contributed by atoms with Gasteiger partial charge < -0.3 is 9.73 Å². The molecule has 0 aliphatic rings. The molecule has 1 aromatic heterocycles. The van der Waals surface area contributed by atoms with Crippen molar-refractivity contribution in [1.29, 1.82) is 0 Å². The molecule has 6 heteroatoms. The molecule has 2 aromatic carbocycles. The smallest absolute Gasteiger partial charge is 0.257 e. The number of ketones is 1. The Hall–Kier alpha value is -2.60. The fraction of sp³-hybridized carbons (Fsp3) is 0.286. The molecule has 0 spiro atoms. The highest BCUT2D eigenvalue weighted by Crippen LogP contribution is 2.24. The molecule has 1 amide bonds. The van der Waals surface area contributed by atoms with Crippen molar-refractivity contribution in [1.82, 2.24) is 10.3 Å². The predicted molar refractivity (Wildman–Crippen MR) is 107 cm³/mol. The highest BCUT2D eigenvalue weighted by Gasteiger charge is 2.11. The van der Waals surface area contributed by atoms with E-state index in [-0.39, 0.29) is 23.5 Å². The Balaban J connectivity index is 1.51. The normalized spacial score (nSPS) is 12.1. The first-order valence-electron chi connectivity index (χ1n) is 8.89. The third kappa shape index (κ3) is 5.44. The van der Waals surface area contributed by atoms with Crippen molar-refractivity contribution in [2.45, 2.75) is 38.0 Å². The van der Waals surface area contributed by atoms with E-state index in [4.69, 9.17) is 4.42 Å². The van der Waals surface area contributed by atoms with Crippen LogP contribution in [-0.2, 0) is 11.2 Å². The summed E-state index contributed by atoms with van der Waals surface area (Å²) in [5.41, 5.74) is 3.35. The molecule has 0 saturated carbocycles. The zero-order valence-electron chi connectivity index (χ0n) is 15.4. The number of benzene rings is 2. The average Bonchev–Trinajstić information content (AvgIpc) is 3.07. The molecular weight excluding hydrogens is 360 g/mol. The molecule has 0 radical (unpaired) electrons. The van der Waals surface area contributed by atoms with Crippen LogP contribution in [0.5, 0.6) is 0 Å². The van der Waals surface area contributed by atoms with E-state index in [0.717, 1.165) is 29.5 Å². The molecule has 0 aliphatic heterocycles. The highest BCUT2D eigenvalue weighted by molar-refractivity contribution is 7.99. The van der Waals surface area contributed by atoms with E-state index in [1.165, 1.54) is 18.7 Å². The summed E-state index contributed by atoms with van der Waals surface area (Å²) >= 11 is 1.31. The van der Waals surface area contributed by atoms with E-state index in [0.29, 0.717) is 10.8 Å². The summed E-state index contributed by atoms with van der Waals surface area (Å²) in [6.07, 6.45) is 1.72. The molecule has 0 saturated heterocycles. The number of hydrogen-bond acceptors (Lipinski definition) is 5. The lowest BCUT2D eigenvalue weighted by Gasteiger charge is -2.12. The first kappa shape index (κ1) is 19.2. The Labute approximate surface area is 162 Å². The molecule has 0 unspecified atom stereocenters. The van der Waals surface area contributed by atoms with Crippen LogP contribution in [0.25, 0.3) is 11.1 Å². The summed E-state index contributed by atoms with van der Waals surface area (Å²) in [5.74, 6) is 0.312. The number of carbonyl (C=O) groups excluding carboxylic acids is 2. The van der Waals surface area contributed by atoms with Crippen LogP contribution in [0.1, 0.15) is 36.2 Å². The van der Waals surface area contributed by atoms with Gasteiger partial charge in [-0.15, -0.1) is 0 Å². The Morgan fingerprint density at radius 3 is 2.59 bits per heavy atom. The topological polar surface area (TPSA) is 72.2 Å². The molecule has 3 aromatic rings. The molecule has 140 valence electrons. The number of hydrogen-bond donors (Lipinski definition) is 1. The second-order valence-electron chi connectivity index (χ2n) is 6.50. The van der Waals surface area contributed by atoms with Gasteiger partial charge in [0.05, 0.1) is 5.75 Å². The van der Waals surface area contributed by atoms with Crippen molar-refractivity contribution in [3.63, 3.8) is 0 Å². The van der Waals surface area contributed by atoms with Crippen LogP contribution in [0.15, 0.2) is 58.2 Å². The Morgan fingerprint density at radius 2 is 1.89 bits per heavy atom. The minimum atomic E-state index is -0.0140. The fourth-order valence-electron chi connectivity index (χ4n) is 2.78. The van der Waals surface area contributed by atoms with Gasteiger partial charge in [-0.1, -0.05) is 48.2 Å². The summed E-state index contributed by atoms with van der Waals surface area (Å²) < 4.78 is 5.62. The van der Waals surface area contributed by atoms with Gasteiger partial charge in [0, 0.05) is 18.5 Å². The summed E-state index contributed by atoms with van der Waals surface area (Å²) in [4.78, 5) is 27.8. The van der Waals surface area contributed by atoms with Crippen LogP contribution in [0.4, 0.5) is 0 Å². The van der Waals surface area contributed by atoms with E-state index in [9.17, 15) is 9.59 Å². The molecule has 27 heavy (non-hydrogen) atoms. The van der Waals surface area contributed by atoms with Gasteiger partial charge in [0.2, 0.25) is 5.91 Å². The maximum Gasteiger partial charge on any atom is 0.257 e. The number of Topliss-reactive ketones (excluding diaryl/α,β-unsaturated/α-hetero) is 1. The number of nitrogens with one attached hydrogen (secondary N) is 1. The second-order valence-corrected chi connectivity index (χ2v) is 7.42. The van der Waals surface area contributed by atoms with Crippen LogP contribution in [0.3, 0.4) is 0 Å². The Bertz CT molecular complexity index is 901. The van der Waals surface area contributed by atoms with Gasteiger partial charge in [-0.05, 0) is 37.5 Å². The van der Waals surface area contributed by atoms with Gasteiger partial charge >= 0.3 is 0 Å². The van der Waals surface area contributed by atoms with Crippen molar-refractivity contribution in [2.24, 2.45) is 0 Å². The number of aromatic nitrogens is 1. The monoisotopic (exact) mass is 382 g/mol. The first-order chi connectivity index (χ1) is 13.0. The zero-order valence-corrected chi connectivity index (χ0v) is 16.2. The van der Waals surface area contributed by atoms with Gasteiger partial charge in [0.15, 0.2) is 11.4 Å². The zero-order chi connectivity index (χ0) is 19.2. The number of oxazole rings is 1. The molecule has 1 atom stereocenters. The lowest BCUT2D eigenvalue weighted by atomic mass is 10.0. The lowest BCUT2D eigenvalue weighted by Crippen LogP contribution is -2.30. The number of aryl methyl sites for hydroxylation is 1. The highest BCUT2D eigenvalue weighted by atomic mass is 32.2. The van der Waals surface area contributed by atoms with Crippen LogP contribution >= 0.6 is 11.8 Å². The average molecular weight is 382 g/mol. The number of thioether (sulfide) groups is 1. The molecule has 3 rings (SSSR count). The number of amides is 1. The quantitative estimate of drug-likeness (QED) is 0.465. The van der Waals surface area contributed by atoms with Gasteiger partial charge in [0.1, 0.15) is 5.52 Å². The number of fused-ring (bicyclic) bond motifs is 1. The standard InChI is InChI=1S/C21H22N2O3S/c1-14(22-15(2)24)7-8-16-9-11-17(12-10-16)19(25)13-27-21-23-18-5-3-4-6-20(18)26-21/h3-6,9-12,14H,7-8,13H2,1-2H3,(H,22,24)/t14-/m0/s1. The van der Waals surface area contributed by atoms with Crippen molar-refractivity contribution < 1.29 is 14.0 Å². The van der Waals surface area contributed by atoms with E-state index in [2.05, 4.69) is 10.3 Å². The lowest BCUT2D eigenvalue weighted by molar-refractivity contribution is -0.119. The maximum atomic E-state index is 12.4. The number of para-hydroxylation sites is 2. The van der Waals surface area contributed by atoms with Gasteiger partial charge in [-0.25, -0.2) is 4.98 Å². The van der Waals surface area contributed by atoms with Crippen molar-refractivity contribution in [3.05, 3.63) is 59.7 Å². The number of rotatable bonds is 8. The van der Waals surface area contributed by atoms with E-state index in [1.54, 1.807) is 0 Å². The number of nitrogens with zero attached hydrogens (tertiary/aromatic N) is 1. The van der Waals surface area contributed by atoms with Crippen molar-refractivity contribution in [3.8, 4) is 0 Å². The predicted octanol–water partition coefficient (Wildman–Crippen LogP) is 4.26. The van der Waals surface area contributed by atoms with Crippen molar-refractivity contribution >= 4 is 34.6 Å². The summed E-state index contributed by atoms with van der Waals surface area (Å²) in [5, 5.41) is 3.38. The van der Waals surface area contributed by atoms with E-state index >= 15 is 0 Å². The second kappa shape index (κ2) is 8.86. The molecule has 0 fully saturated rings. The third-order valence-corrected chi connectivity index (χ3v) is 5.02. The minimum Gasteiger partial charge on any atom is -0.431 e. The van der Waals surface area contributed by atoms with Crippen LogP contribution in [-0.4, -0.2) is 28.5 Å². The molecule has 1 heterocycles. The molecule has 0 bridgehead atoms. The van der Waals surface area contributed by atoms with Gasteiger partial charge in [0.25, 0.3) is 5.22 Å². The largest absolute Gasteiger partial charge is 0.431 e. The van der Waals surface area contributed by atoms with Crippen LogP contribution in [0.2, 0.25) is 0 Å². The summed E-state index contributed by atoms with van der Waals surface area (Å²) in [6, 6.07) is 15.3. The molecule has 1 N–H and O–H groups in total. The first-order valence-corrected chi connectivity index (χ1v) is 9.87. The van der Waals surface area contributed by atoms with Crippen LogP contribution in [0, 0.1) is 0 Å². The molecule has 0 aliphatic carbocycles. The van der Waals surface area contributed by atoms with Gasteiger partial charge in [-0.2, -0.15) is 0 Å². The van der Waals surface area contributed by atoms with Gasteiger partial charge in [-0.3, -0.25) is 9.59 Å². The maximum absolute atomic E-state index is 12.4. The van der Waals surface area contributed by atoms with Crippen molar-refractivity contribution in [2.75, 3.05) is 5.75 Å². The Kier molecular flexibility index (Phi) is 6.29. The SMILES string of the molecule is CC(=O)N[C@@H](C)CCc1ccc(C(=O)CSc2nc3ccccc3o2)cc1. The van der Waals surface area contributed by atoms with E-state index in [1.807, 2.05) is 55.5 Å². The molecule has 5 nitrogen and oxygen atoms in total. The Morgan fingerprint density at radius 1 is 1.15 bits per heavy atom. The fourth-order valence-corrected chi connectivity index (χ4v) is 3.52. The van der Waals surface area contributed by atoms with E-state index < -0.39 is 0 Å². The number of carbonyl (C=O) groups is 2. The summed E-state index contributed by atoms with van der Waals surface area (Å²) in [7, 11) is 0. The summed E-state index contributed by atoms with van der Waals surface area (Å²) in [6.45, 7) is 3.51.